The van der Waals surface area contributed by atoms with Crippen LogP contribution in [0.1, 0.15) is 129 Å². The number of allylic oxidation sites excluding steroid dienone is 5. The van der Waals surface area contributed by atoms with Crippen LogP contribution in [0.3, 0.4) is 0 Å². The molecule has 1 amide bonds. The summed E-state index contributed by atoms with van der Waals surface area (Å²) in [6.07, 6.45) is 12.8. The summed E-state index contributed by atoms with van der Waals surface area (Å²) in [5.74, 6) is -0.946. The molecule has 1 aliphatic rings. The second-order valence-electron chi connectivity index (χ2n) is 14.6. The number of para-hydroxylation sites is 1. The van der Waals surface area contributed by atoms with Crippen LogP contribution in [0.15, 0.2) is 65.3 Å². The van der Waals surface area contributed by atoms with Crippen molar-refractivity contribution in [2.24, 2.45) is 0 Å². The fourth-order valence-electron chi connectivity index (χ4n) is 5.82. The summed E-state index contributed by atoms with van der Waals surface area (Å²) in [5.41, 5.74) is 3.98. The van der Waals surface area contributed by atoms with Crippen molar-refractivity contribution in [3.63, 3.8) is 0 Å². The maximum atomic E-state index is 14.7. The van der Waals surface area contributed by atoms with Crippen molar-refractivity contribution in [2.45, 2.75) is 119 Å². The molecular formula is C41H63N2O12P3. The molecule has 0 bridgehead atoms. The predicted octanol–water partition coefficient (Wildman–Crippen LogP) is 11.9. The lowest BCUT2D eigenvalue weighted by atomic mass is 10.1. The number of benzene rings is 2. The molecule has 2 aromatic carbocycles. The fourth-order valence-corrected chi connectivity index (χ4v) is 8.61. The number of carbonyl (C=O) groups excluding carboxylic acids is 1. The minimum atomic E-state index is -4.68. The zero-order chi connectivity index (χ0) is 42.9. The summed E-state index contributed by atoms with van der Waals surface area (Å²) < 4.78 is 66.6. The quantitative estimate of drug-likeness (QED) is 0.0397. The van der Waals surface area contributed by atoms with E-state index in [-0.39, 0.29) is 66.1 Å². The summed E-state index contributed by atoms with van der Waals surface area (Å²) in [4.78, 5) is 48.4. The van der Waals surface area contributed by atoms with Gasteiger partial charge in [0.1, 0.15) is 5.75 Å². The average molecular weight is 869 g/mol. The third-order valence-corrected chi connectivity index (χ3v) is 12.3. The van der Waals surface area contributed by atoms with Gasteiger partial charge in [0, 0.05) is 12.6 Å². The molecule has 3 atom stereocenters. The van der Waals surface area contributed by atoms with Crippen LogP contribution in [0, 0.1) is 0 Å². The van der Waals surface area contributed by atoms with Crippen LogP contribution in [-0.2, 0) is 33.4 Å². The molecule has 0 saturated heterocycles. The number of hydrogen-bond donors (Lipinski definition) is 4. The molecule has 58 heavy (non-hydrogen) atoms. The molecule has 3 unspecified atom stereocenters. The average Bonchev–Trinajstić information content (AvgIpc) is 3.24. The van der Waals surface area contributed by atoms with Gasteiger partial charge in [-0.05, 0) is 96.4 Å². The second kappa shape index (κ2) is 23.7. The molecule has 1 aliphatic heterocycles. The number of rotatable bonds is 26. The normalized spacial score (nSPS) is 16.2. The first kappa shape index (κ1) is 49.3. The van der Waals surface area contributed by atoms with Gasteiger partial charge < -0.3 is 28.7 Å². The standard InChI is InChI=1S/C41H63N2O12P3/c1-8-11-25-51-56(45,46)30-34-28-35(54-57(47,48)52-26-12-9-2)29-37-39(34)42-40-36(21-16-22-38(40)55-58(49,50)53-27-13-10-3)41(44)43(37)24-23-33(7)20-15-19-32(6)18-14-17-31(4)5/h16-17,19,21-23,28-29,42H,8-15,18,20,24-27,30H2,1-7H3,(H,45,46)(H,47,48)(H,49,50)/b32-19+,33-23+. The highest BCUT2D eigenvalue weighted by Gasteiger charge is 2.35. The Morgan fingerprint density at radius 2 is 1.31 bits per heavy atom. The van der Waals surface area contributed by atoms with Gasteiger partial charge in [-0.25, -0.2) is 9.13 Å². The Morgan fingerprint density at radius 1 is 0.741 bits per heavy atom. The highest BCUT2D eigenvalue weighted by Crippen LogP contribution is 2.54. The van der Waals surface area contributed by atoms with Crippen LogP contribution in [0.2, 0.25) is 0 Å². The smallest absolute Gasteiger partial charge is 0.404 e. The predicted molar refractivity (Wildman–Crippen MR) is 230 cm³/mol. The van der Waals surface area contributed by atoms with Gasteiger partial charge in [0.05, 0.1) is 48.6 Å². The van der Waals surface area contributed by atoms with Crippen molar-refractivity contribution in [1.29, 1.82) is 0 Å². The van der Waals surface area contributed by atoms with E-state index >= 15 is 0 Å². The number of hydrogen-bond acceptors (Lipinski definition) is 10. The van der Waals surface area contributed by atoms with Crippen LogP contribution in [-0.4, -0.2) is 47.0 Å². The number of anilines is 3. The molecule has 0 saturated carbocycles. The SMILES string of the molecule is CCCCOP(=O)(O)Cc1cc(OP(=O)(O)OCCCC)cc2c1Nc1c(OP(=O)(O)OCCCC)cccc1C(=O)N2C/C=C(\C)CC/C=C(\C)CCC=C(C)C. The Morgan fingerprint density at radius 3 is 1.91 bits per heavy atom. The number of carbonyl (C=O) groups is 1. The van der Waals surface area contributed by atoms with E-state index in [0.29, 0.717) is 38.5 Å². The molecule has 1 heterocycles. The third kappa shape index (κ3) is 16.6. The van der Waals surface area contributed by atoms with Gasteiger partial charge in [0.2, 0.25) is 0 Å². The largest absolute Gasteiger partial charge is 0.527 e. The van der Waals surface area contributed by atoms with Gasteiger partial charge in [-0.3, -0.25) is 28.2 Å². The Bertz CT molecular complexity index is 1930. The molecular weight excluding hydrogens is 805 g/mol. The van der Waals surface area contributed by atoms with Gasteiger partial charge in [0.25, 0.3) is 5.91 Å². The van der Waals surface area contributed by atoms with Gasteiger partial charge >= 0.3 is 23.2 Å². The zero-order valence-corrected chi connectivity index (χ0v) is 37.7. The number of nitrogens with zero attached hydrogens (tertiary/aromatic N) is 1. The minimum absolute atomic E-state index is 0.00404. The lowest BCUT2D eigenvalue weighted by molar-refractivity contribution is 0.0990. The summed E-state index contributed by atoms with van der Waals surface area (Å²) in [7, 11) is -13.7. The topological polar surface area (TPSA) is 190 Å². The molecule has 0 aromatic heterocycles. The molecule has 14 nitrogen and oxygen atoms in total. The minimum Gasteiger partial charge on any atom is -0.404 e. The first-order chi connectivity index (χ1) is 27.4. The maximum Gasteiger partial charge on any atom is 0.527 e. The molecule has 3 rings (SSSR count). The molecule has 0 spiro atoms. The third-order valence-electron chi connectivity index (χ3n) is 9.06. The highest BCUT2D eigenvalue weighted by molar-refractivity contribution is 7.52. The fraction of sp³-hybridized carbons (Fsp3) is 0.537. The van der Waals surface area contributed by atoms with Crippen molar-refractivity contribution < 1.29 is 55.8 Å². The Labute approximate surface area is 344 Å². The van der Waals surface area contributed by atoms with Gasteiger partial charge in [-0.2, -0.15) is 0 Å². The lowest BCUT2D eigenvalue weighted by Crippen LogP contribution is -2.30. The highest BCUT2D eigenvalue weighted by atomic mass is 31.2. The molecule has 4 N–H and O–H groups in total. The molecule has 324 valence electrons. The first-order valence-electron chi connectivity index (χ1n) is 20.0. The number of amides is 1. The van der Waals surface area contributed by atoms with E-state index < -0.39 is 35.3 Å². The van der Waals surface area contributed by atoms with E-state index in [4.69, 9.17) is 22.6 Å². The van der Waals surface area contributed by atoms with E-state index in [2.05, 4.69) is 38.2 Å². The number of unbranched alkanes of at least 4 members (excludes halogenated alkanes) is 3. The van der Waals surface area contributed by atoms with Crippen LogP contribution >= 0.6 is 23.2 Å². The Kier molecular flexibility index (Phi) is 20.2. The van der Waals surface area contributed by atoms with Crippen molar-refractivity contribution in [2.75, 3.05) is 36.6 Å². The van der Waals surface area contributed by atoms with Crippen molar-refractivity contribution in [1.82, 2.24) is 0 Å². The van der Waals surface area contributed by atoms with Crippen LogP contribution in [0.5, 0.6) is 11.5 Å². The van der Waals surface area contributed by atoms with Gasteiger partial charge in [0.15, 0.2) is 5.75 Å². The van der Waals surface area contributed by atoms with Crippen molar-refractivity contribution >= 4 is 46.2 Å². The molecule has 0 radical (unpaired) electrons. The molecule has 17 heteroatoms. The number of phosphoric acid groups is 2. The maximum absolute atomic E-state index is 14.7. The van der Waals surface area contributed by atoms with Crippen molar-refractivity contribution in [3.8, 4) is 11.5 Å². The Balaban J connectivity index is 2.19. The summed E-state index contributed by atoms with van der Waals surface area (Å²) >= 11 is 0. The Hall–Kier alpha value is -3.02. The summed E-state index contributed by atoms with van der Waals surface area (Å²) in [6, 6.07) is 7.09. The van der Waals surface area contributed by atoms with Crippen LogP contribution in [0.25, 0.3) is 0 Å². The zero-order valence-electron chi connectivity index (χ0n) is 35.0. The van der Waals surface area contributed by atoms with E-state index in [1.807, 2.05) is 33.8 Å². The number of nitrogens with one attached hydrogen (secondary N) is 1. The van der Waals surface area contributed by atoms with E-state index in [9.17, 15) is 33.2 Å². The van der Waals surface area contributed by atoms with Crippen LogP contribution < -0.4 is 19.3 Å². The molecule has 0 aliphatic carbocycles. The van der Waals surface area contributed by atoms with E-state index in [1.54, 1.807) is 0 Å². The molecule has 0 fully saturated rings. The van der Waals surface area contributed by atoms with E-state index in [1.165, 1.54) is 46.4 Å². The van der Waals surface area contributed by atoms with E-state index in [0.717, 1.165) is 31.3 Å². The summed E-state index contributed by atoms with van der Waals surface area (Å²) in [6.45, 7) is 13.9. The lowest BCUT2D eigenvalue weighted by Gasteiger charge is -2.25. The summed E-state index contributed by atoms with van der Waals surface area (Å²) in [5, 5.41) is 3.16. The second-order valence-corrected chi connectivity index (χ2v) is 19.2. The first-order valence-corrected chi connectivity index (χ1v) is 24.8. The van der Waals surface area contributed by atoms with Crippen LogP contribution in [0.4, 0.5) is 17.1 Å². The monoisotopic (exact) mass is 868 g/mol. The number of phosphoric ester groups is 2. The number of fused-ring (bicyclic) bond motifs is 2. The van der Waals surface area contributed by atoms with Crippen molar-refractivity contribution in [3.05, 3.63) is 76.4 Å². The van der Waals surface area contributed by atoms with Gasteiger partial charge in [-0.15, -0.1) is 0 Å². The van der Waals surface area contributed by atoms with Gasteiger partial charge in [-0.1, -0.05) is 81.0 Å². The molecule has 2 aromatic rings.